The first-order chi connectivity index (χ1) is 26.4. The Labute approximate surface area is 319 Å². The molecule has 0 unspecified atom stereocenters. The van der Waals surface area contributed by atoms with Gasteiger partial charge < -0.3 is 69.1 Å². The molecule has 1 heterocycles. The summed E-state index contributed by atoms with van der Waals surface area (Å²) >= 11 is 0. The highest BCUT2D eigenvalue weighted by Gasteiger charge is 2.38. The number of carboxylic acids is 3. The lowest BCUT2D eigenvalue weighted by Crippen LogP contribution is -2.58. The molecule has 1 aromatic carbocycles. The largest absolute Gasteiger partial charge is 0.481 e. The van der Waals surface area contributed by atoms with E-state index in [4.69, 9.17) is 22.3 Å². The number of aliphatic carboxylic acids is 3. The predicted octanol–water partition coefficient (Wildman–Crippen LogP) is -5.32. The molecule has 2 rings (SSSR count). The zero-order valence-corrected chi connectivity index (χ0v) is 30.2. The zero-order valence-electron chi connectivity index (χ0n) is 30.2. The summed E-state index contributed by atoms with van der Waals surface area (Å²) in [6.45, 7) is -1.67. The van der Waals surface area contributed by atoms with Crippen LogP contribution in [0.4, 0.5) is 0 Å². The number of rotatable bonds is 23. The third-order valence-electron chi connectivity index (χ3n) is 8.30. The van der Waals surface area contributed by atoms with Gasteiger partial charge in [0.2, 0.25) is 35.4 Å². The summed E-state index contributed by atoms with van der Waals surface area (Å²) in [5.74, 6) is -10.4. The quantitative estimate of drug-likeness (QED) is 0.0280. The van der Waals surface area contributed by atoms with Crippen LogP contribution in [-0.2, 0) is 49.6 Å². The molecule has 1 fully saturated rings. The fraction of sp³-hybridized carbons (Fsp3) is 0.515. The molecule has 0 saturated carbocycles. The van der Waals surface area contributed by atoms with Crippen LogP contribution in [-0.4, -0.2) is 147 Å². The summed E-state index contributed by atoms with van der Waals surface area (Å²) in [5, 5.41) is 48.7. The topological polar surface area (TPSA) is 388 Å². The van der Waals surface area contributed by atoms with Crippen molar-refractivity contribution >= 4 is 59.3 Å². The SMILES string of the molecule is NC(N)=NCCC[C@H](NC(=O)CNC(=O)[C@H](CO)NC(=O)[C@H](CC(=O)O)NC(=O)[C@@H](N)CC(=O)O)C(=O)N[C@@H](Cc1ccccc1)C(=O)N1CCC[C@H]1C(=O)O. The van der Waals surface area contributed by atoms with Gasteiger partial charge >= 0.3 is 17.9 Å². The molecular weight excluding hydrogens is 744 g/mol. The number of nitrogens with one attached hydrogen (secondary N) is 5. The second kappa shape index (κ2) is 22.8. The van der Waals surface area contributed by atoms with Gasteiger partial charge in [0.15, 0.2) is 5.96 Å². The molecule has 308 valence electrons. The number of benzene rings is 1. The number of guanidine groups is 1. The Morgan fingerprint density at radius 1 is 0.786 bits per heavy atom. The first-order valence-corrected chi connectivity index (χ1v) is 17.3. The maximum Gasteiger partial charge on any atom is 0.326 e. The zero-order chi connectivity index (χ0) is 41.9. The van der Waals surface area contributed by atoms with E-state index in [1.54, 1.807) is 30.3 Å². The van der Waals surface area contributed by atoms with Crippen molar-refractivity contribution in [3.05, 3.63) is 35.9 Å². The highest BCUT2D eigenvalue weighted by molar-refractivity contribution is 5.97. The number of hydrogen-bond donors (Lipinski definition) is 12. The fourth-order valence-corrected chi connectivity index (χ4v) is 5.53. The molecule has 0 radical (unpaired) electrons. The van der Waals surface area contributed by atoms with Crippen LogP contribution in [0, 0.1) is 0 Å². The van der Waals surface area contributed by atoms with Crippen molar-refractivity contribution in [3.8, 4) is 0 Å². The van der Waals surface area contributed by atoms with Crippen LogP contribution in [0.3, 0.4) is 0 Å². The minimum atomic E-state index is -1.85. The van der Waals surface area contributed by atoms with E-state index in [2.05, 4.69) is 20.9 Å². The molecule has 1 aliphatic rings. The van der Waals surface area contributed by atoms with Gasteiger partial charge in [-0.25, -0.2) is 4.79 Å². The average Bonchev–Trinajstić information content (AvgIpc) is 3.63. The molecule has 1 aromatic rings. The molecule has 0 aliphatic carbocycles. The van der Waals surface area contributed by atoms with Crippen molar-refractivity contribution in [3.63, 3.8) is 0 Å². The molecule has 23 nitrogen and oxygen atoms in total. The van der Waals surface area contributed by atoms with Gasteiger partial charge in [0, 0.05) is 19.5 Å². The van der Waals surface area contributed by atoms with Crippen LogP contribution in [0.15, 0.2) is 35.3 Å². The number of nitrogens with two attached hydrogens (primary N) is 3. The van der Waals surface area contributed by atoms with Gasteiger partial charge in [-0.1, -0.05) is 30.3 Å². The highest BCUT2D eigenvalue weighted by atomic mass is 16.4. The fourth-order valence-electron chi connectivity index (χ4n) is 5.53. The van der Waals surface area contributed by atoms with Crippen molar-refractivity contribution in [1.29, 1.82) is 0 Å². The molecule has 1 saturated heterocycles. The molecule has 0 aromatic heterocycles. The first-order valence-electron chi connectivity index (χ1n) is 17.3. The van der Waals surface area contributed by atoms with E-state index in [0.717, 1.165) is 0 Å². The van der Waals surface area contributed by atoms with E-state index in [-0.39, 0.29) is 44.7 Å². The summed E-state index contributed by atoms with van der Waals surface area (Å²) in [6.07, 6.45) is -1.12. The maximum absolute atomic E-state index is 13.7. The molecule has 0 bridgehead atoms. The van der Waals surface area contributed by atoms with Crippen molar-refractivity contribution in [2.45, 2.75) is 81.2 Å². The van der Waals surface area contributed by atoms with E-state index < -0.39 is 116 Å². The van der Waals surface area contributed by atoms with Crippen LogP contribution in [0.25, 0.3) is 0 Å². The number of aliphatic imine (C=N–C) groups is 1. The lowest BCUT2D eigenvalue weighted by molar-refractivity contribution is -0.149. The molecule has 6 amide bonds. The third kappa shape index (κ3) is 15.5. The predicted molar refractivity (Wildman–Crippen MR) is 193 cm³/mol. The lowest BCUT2D eigenvalue weighted by Gasteiger charge is -2.29. The number of likely N-dealkylation sites (tertiary alicyclic amines) is 1. The van der Waals surface area contributed by atoms with E-state index >= 15 is 0 Å². The maximum atomic E-state index is 13.7. The van der Waals surface area contributed by atoms with Crippen LogP contribution < -0.4 is 43.8 Å². The summed E-state index contributed by atoms with van der Waals surface area (Å²) in [6, 6.07) is -0.326. The van der Waals surface area contributed by atoms with Crippen LogP contribution in [0.2, 0.25) is 0 Å². The highest BCUT2D eigenvalue weighted by Crippen LogP contribution is 2.20. The summed E-state index contributed by atoms with van der Waals surface area (Å²) < 4.78 is 0. The Balaban J connectivity index is 2.17. The van der Waals surface area contributed by atoms with Gasteiger partial charge in [0.25, 0.3) is 0 Å². The monoisotopic (exact) mass is 792 g/mol. The smallest absolute Gasteiger partial charge is 0.326 e. The minimum absolute atomic E-state index is 0.0145. The Bertz CT molecular complexity index is 1620. The Morgan fingerprint density at radius 2 is 1.39 bits per heavy atom. The van der Waals surface area contributed by atoms with Gasteiger partial charge in [-0.15, -0.1) is 0 Å². The van der Waals surface area contributed by atoms with Gasteiger partial charge in [-0.05, 0) is 31.2 Å². The third-order valence-corrected chi connectivity index (χ3v) is 8.30. The van der Waals surface area contributed by atoms with Crippen molar-refractivity contribution in [2.75, 3.05) is 26.2 Å². The van der Waals surface area contributed by atoms with Crippen LogP contribution in [0.5, 0.6) is 0 Å². The van der Waals surface area contributed by atoms with Crippen LogP contribution in [0.1, 0.15) is 44.1 Å². The number of carbonyl (C=O) groups is 9. The molecule has 23 heteroatoms. The summed E-state index contributed by atoms with van der Waals surface area (Å²) in [7, 11) is 0. The Kier molecular flexibility index (Phi) is 18.6. The van der Waals surface area contributed by atoms with Crippen LogP contribution >= 0.6 is 0 Å². The van der Waals surface area contributed by atoms with Crippen molar-refractivity contribution < 1.29 is 63.6 Å². The van der Waals surface area contributed by atoms with Gasteiger partial charge in [0.05, 0.1) is 32.0 Å². The Morgan fingerprint density at radius 3 is 1.98 bits per heavy atom. The molecule has 0 spiro atoms. The standard InChI is InChI=1S/C33H48N10O13/c34-18(13-25(46)47)27(50)40-20(14-26(48)49)30(53)42-22(16-44)28(51)38-15-24(45)39-19(8-4-10-37-33(35)36)29(52)41-21(12-17-6-2-1-3-7-17)31(54)43-11-5-9-23(43)32(55)56/h1-3,6-7,18-23,44H,4-5,8-16,34H2,(H,38,51)(H,39,45)(H,40,50)(H,41,52)(H,42,53)(H,46,47)(H,48,49)(H,55,56)(H4,35,36,37)/t18-,19-,20-,21-,22-,23-/m0/s1. The molecule has 15 N–H and O–H groups in total. The minimum Gasteiger partial charge on any atom is -0.481 e. The number of aliphatic hydroxyl groups excluding tert-OH is 1. The number of carboxylic acid groups (broad SMARTS) is 3. The number of aliphatic hydroxyl groups is 1. The second-order valence-corrected chi connectivity index (χ2v) is 12.7. The average molecular weight is 793 g/mol. The molecule has 1 aliphatic heterocycles. The molecular formula is C33H48N10O13. The first kappa shape index (κ1) is 45.8. The second-order valence-electron chi connectivity index (χ2n) is 12.7. The molecule has 6 atom stereocenters. The number of carbonyl (C=O) groups excluding carboxylic acids is 6. The van der Waals surface area contributed by atoms with Gasteiger partial charge in [-0.3, -0.25) is 43.3 Å². The van der Waals surface area contributed by atoms with E-state index in [0.29, 0.717) is 12.0 Å². The van der Waals surface area contributed by atoms with E-state index in [1.807, 2.05) is 10.6 Å². The summed E-state index contributed by atoms with van der Waals surface area (Å²) in [5.41, 5.74) is 16.9. The Hall–Kier alpha value is -6.36. The van der Waals surface area contributed by atoms with Gasteiger partial charge in [0.1, 0.15) is 30.2 Å². The van der Waals surface area contributed by atoms with Crippen molar-refractivity contribution in [2.24, 2.45) is 22.2 Å². The number of amides is 6. The normalized spacial score (nSPS) is 16.1. The number of nitrogens with zero attached hydrogens (tertiary/aromatic N) is 2. The summed E-state index contributed by atoms with van der Waals surface area (Å²) in [4.78, 5) is 117. The molecule has 56 heavy (non-hydrogen) atoms. The van der Waals surface area contributed by atoms with Gasteiger partial charge in [-0.2, -0.15) is 0 Å². The lowest BCUT2D eigenvalue weighted by atomic mass is 10.0. The van der Waals surface area contributed by atoms with Crippen molar-refractivity contribution in [1.82, 2.24) is 31.5 Å². The van der Waals surface area contributed by atoms with E-state index in [9.17, 15) is 58.5 Å². The van der Waals surface area contributed by atoms with E-state index in [1.165, 1.54) is 4.90 Å². The number of hydrogen-bond acceptors (Lipinski definition) is 12.